The van der Waals surface area contributed by atoms with Crippen LogP contribution in [0.1, 0.15) is 19.4 Å². The monoisotopic (exact) mass is 338 g/mol. The van der Waals surface area contributed by atoms with Crippen LogP contribution >= 0.6 is 0 Å². The van der Waals surface area contributed by atoms with Gasteiger partial charge in [0.2, 0.25) is 10.0 Å². The fourth-order valence-corrected chi connectivity index (χ4v) is 3.30. The number of sulfonamides is 1. The molecule has 2 N–H and O–H groups in total. The van der Waals surface area contributed by atoms with E-state index in [1.54, 1.807) is 0 Å². The molecule has 1 aromatic rings. The average Bonchev–Trinajstić information content (AvgIpc) is 2.37. The lowest BCUT2D eigenvalue weighted by molar-refractivity contribution is -0.127. The smallest absolute Gasteiger partial charge is 0.330 e. The second-order valence-electron chi connectivity index (χ2n) is 6.07. The van der Waals surface area contributed by atoms with Crippen LogP contribution in [0.3, 0.4) is 0 Å². The Balaban J connectivity index is 2.94. The highest BCUT2D eigenvalue weighted by Gasteiger charge is 2.29. The van der Waals surface area contributed by atoms with Gasteiger partial charge in [0.05, 0.1) is 11.3 Å². The Morgan fingerprint density at radius 3 is 2.05 bits per heavy atom. The molecule has 0 saturated heterocycles. The molecule has 0 radical (unpaired) electrons. The molecule has 0 aliphatic rings. The molecule has 0 atom stereocenters. The number of nitrogens with zero attached hydrogens (tertiary/aromatic N) is 1. The highest BCUT2D eigenvalue weighted by Crippen LogP contribution is 2.24. The maximum absolute atomic E-state index is 12.4. The average molecular weight is 338 g/mol. The third kappa shape index (κ3) is 5.26. The highest BCUT2D eigenvalue weighted by molar-refractivity contribution is 7.89. The van der Waals surface area contributed by atoms with Crippen LogP contribution in [0.5, 0.6) is 0 Å². The third-order valence-corrected chi connectivity index (χ3v) is 5.06. The molecule has 0 aromatic heterocycles. The van der Waals surface area contributed by atoms with Gasteiger partial charge in [0.15, 0.2) is 0 Å². The van der Waals surface area contributed by atoms with Crippen molar-refractivity contribution in [3.05, 3.63) is 29.8 Å². The Morgan fingerprint density at radius 2 is 1.64 bits per heavy atom. The standard InChI is InChI=1S/C14H21F3N2O2S/c1-13(2,9-18)10-19(3)22(20,21)12-6-4-11(5-7-12)8-14(15,16)17/h4-7H,8-10,18H2,1-3H3. The summed E-state index contributed by atoms with van der Waals surface area (Å²) in [7, 11) is -2.32. The maximum atomic E-state index is 12.4. The van der Waals surface area contributed by atoms with Gasteiger partial charge in [-0.1, -0.05) is 26.0 Å². The Labute approximate surface area is 129 Å². The second-order valence-corrected chi connectivity index (χ2v) is 8.11. The van der Waals surface area contributed by atoms with E-state index in [0.29, 0.717) is 6.54 Å². The highest BCUT2D eigenvalue weighted by atomic mass is 32.2. The van der Waals surface area contributed by atoms with Crippen molar-refractivity contribution in [2.45, 2.75) is 31.3 Å². The summed E-state index contributed by atoms with van der Waals surface area (Å²) in [5.41, 5.74) is 5.22. The number of hydrogen-bond acceptors (Lipinski definition) is 3. The van der Waals surface area contributed by atoms with E-state index in [1.165, 1.54) is 35.6 Å². The number of benzene rings is 1. The molecule has 22 heavy (non-hydrogen) atoms. The normalized spacial score (nSPS) is 13.6. The Kier molecular flexibility index (Phi) is 5.64. The molecule has 0 saturated carbocycles. The Hall–Kier alpha value is -1.12. The predicted octanol–water partition coefficient (Wildman–Crippen LogP) is 2.40. The molecule has 4 nitrogen and oxygen atoms in total. The Morgan fingerprint density at radius 1 is 1.14 bits per heavy atom. The number of hydrogen-bond donors (Lipinski definition) is 1. The summed E-state index contributed by atoms with van der Waals surface area (Å²) in [5, 5.41) is 0. The molecule has 0 aliphatic carbocycles. The zero-order chi connectivity index (χ0) is 17.2. The lowest BCUT2D eigenvalue weighted by Gasteiger charge is -2.28. The molecular formula is C14H21F3N2O2S. The van der Waals surface area contributed by atoms with Crippen LogP contribution in [0.2, 0.25) is 0 Å². The zero-order valence-electron chi connectivity index (χ0n) is 12.8. The summed E-state index contributed by atoms with van der Waals surface area (Å²) in [6, 6.07) is 4.76. The third-order valence-electron chi connectivity index (χ3n) is 3.24. The lowest BCUT2D eigenvalue weighted by Crippen LogP contribution is -2.39. The van der Waals surface area contributed by atoms with Crippen molar-refractivity contribution in [1.82, 2.24) is 4.31 Å². The second kappa shape index (κ2) is 6.55. The number of alkyl halides is 3. The van der Waals surface area contributed by atoms with Crippen molar-refractivity contribution in [2.24, 2.45) is 11.1 Å². The summed E-state index contributed by atoms with van der Waals surface area (Å²) in [5.74, 6) is 0. The minimum atomic E-state index is -4.32. The van der Waals surface area contributed by atoms with E-state index < -0.39 is 28.0 Å². The molecule has 0 aliphatic heterocycles. The van der Waals surface area contributed by atoms with Crippen LogP contribution in [0.4, 0.5) is 13.2 Å². The van der Waals surface area contributed by atoms with Gasteiger partial charge in [-0.25, -0.2) is 12.7 Å². The molecule has 0 unspecified atom stereocenters. The minimum Gasteiger partial charge on any atom is -0.330 e. The van der Waals surface area contributed by atoms with Gasteiger partial charge in [-0.05, 0) is 29.7 Å². The molecule has 8 heteroatoms. The SMILES string of the molecule is CN(CC(C)(C)CN)S(=O)(=O)c1ccc(CC(F)(F)F)cc1. The van der Waals surface area contributed by atoms with Crippen molar-refractivity contribution < 1.29 is 21.6 Å². The van der Waals surface area contributed by atoms with Crippen LogP contribution in [0.15, 0.2) is 29.2 Å². The quantitative estimate of drug-likeness (QED) is 0.866. The predicted molar refractivity (Wildman–Crippen MR) is 78.9 cm³/mol. The van der Waals surface area contributed by atoms with Gasteiger partial charge < -0.3 is 5.73 Å². The van der Waals surface area contributed by atoms with E-state index in [4.69, 9.17) is 5.73 Å². The van der Waals surface area contributed by atoms with Gasteiger partial charge in [0.25, 0.3) is 0 Å². The summed E-state index contributed by atoms with van der Waals surface area (Å²) >= 11 is 0. The van der Waals surface area contributed by atoms with Gasteiger partial charge in [-0.3, -0.25) is 0 Å². The summed E-state index contributed by atoms with van der Waals surface area (Å²) < 4.78 is 62.8. The van der Waals surface area contributed by atoms with E-state index in [2.05, 4.69) is 0 Å². The molecule has 0 fully saturated rings. The first-order valence-corrected chi connectivity index (χ1v) is 8.13. The molecule has 0 heterocycles. The first-order valence-electron chi connectivity index (χ1n) is 6.69. The topological polar surface area (TPSA) is 63.4 Å². The van der Waals surface area contributed by atoms with Gasteiger partial charge in [-0.2, -0.15) is 13.2 Å². The molecule has 1 rings (SSSR count). The van der Waals surface area contributed by atoms with E-state index >= 15 is 0 Å². The molecule has 1 aromatic carbocycles. The van der Waals surface area contributed by atoms with Gasteiger partial charge in [-0.15, -0.1) is 0 Å². The van der Waals surface area contributed by atoms with E-state index in [-0.39, 0.29) is 17.0 Å². The fourth-order valence-electron chi connectivity index (χ4n) is 1.94. The number of halogens is 3. The van der Waals surface area contributed by atoms with Crippen molar-refractivity contribution in [3.8, 4) is 0 Å². The number of rotatable bonds is 6. The first-order chi connectivity index (χ1) is 9.87. The Bertz CT molecular complexity index is 596. The van der Waals surface area contributed by atoms with Crippen molar-refractivity contribution >= 4 is 10.0 Å². The van der Waals surface area contributed by atoms with Crippen LogP contribution in [0, 0.1) is 5.41 Å². The number of nitrogens with two attached hydrogens (primary N) is 1. The van der Waals surface area contributed by atoms with Crippen LogP contribution < -0.4 is 5.73 Å². The molecule has 0 amide bonds. The van der Waals surface area contributed by atoms with Crippen LogP contribution in [-0.4, -0.2) is 39.0 Å². The molecular weight excluding hydrogens is 317 g/mol. The molecule has 0 spiro atoms. The zero-order valence-corrected chi connectivity index (χ0v) is 13.6. The summed E-state index contributed by atoms with van der Waals surface area (Å²) in [6.45, 7) is 4.21. The molecule has 126 valence electrons. The largest absolute Gasteiger partial charge is 0.393 e. The minimum absolute atomic E-state index is 0.0244. The summed E-state index contributed by atoms with van der Waals surface area (Å²) in [4.78, 5) is -0.0336. The van der Waals surface area contributed by atoms with Crippen molar-refractivity contribution in [2.75, 3.05) is 20.1 Å². The van der Waals surface area contributed by atoms with Crippen molar-refractivity contribution in [3.63, 3.8) is 0 Å². The van der Waals surface area contributed by atoms with Crippen LogP contribution in [-0.2, 0) is 16.4 Å². The van der Waals surface area contributed by atoms with Gasteiger partial charge in [0, 0.05) is 13.6 Å². The maximum Gasteiger partial charge on any atom is 0.393 e. The van der Waals surface area contributed by atoms with Crippen molar-refractivity contribution in [1.29, 1.82) is 0 Å². The lowest BCUT2D eigenvalue weighted by atomic mass is 9.94. The van der Waals surface area contributed by atoms with E-state index in [1.807, 2.05) is 13.8 Å². The molecule has 0 bridgehead atoms. The fraction of sp³-hybridized carbons (Fsp3) is 0.571. The van der Waals surface area contributed by atoms with E-state index in [0.717, 1.165) is 0 Å². The summed E-state index contributed by atoms with van der Waals surface area (Å²) in [6.07, 6.45) is -5.40. The van der Waals surface area contributed by atoms with E-state index in [9.17, 15) is 21.6 Å². The van der Waals surface area contributed by atoms with Gasteiger partial charge in [0.1, 0.15) is 0 Å². The van der Waals surface area contributed by atoms with Gasteiger partial charge >= 0.3 is 6.18 Å². The van der Waals surface area contributed by atoms with Crippen LogP contribution in [0.25, 0.3) is 0 Å². The first kappa shape index (κ1) is 18.9.